The van der Waals surface area contributed by atoms with Crippen molar-refractivity contribution in [2.75, 3.05) is 5.32 Å². The maximum atomic E-state index is 11.0. The number of hydrogen-bond acceptors (Lipinski definition) is 4. The lowest BCUT2D eigenvalue weighted by atomic mass is 10.1. The molecular formula is C15H17N3O2. The molecule has 5 heteroatoms. The summed E-state index contributed by atoms with van der Waals surface area (Å²) in [5.74, 6) is 0.314. The van der Waals surface area contributed by atoms with Gasteiger partial charge in [0.2, 0.25) is 5.82 Å². The zero-order valence-electron chi connectivity index (χ0n) is 11.6. The van der Waals surface area contributed by atoms with Gasteiger partial charge in [-0.3, -0.25) is 10.1 Å². The molecule has 0 saturated heterocycles. The van der Waals surface area contributed by atoms with Gasteiger partial charge in [-0.15, -0.1) is 0 Å². The Morgan fingerprint density at radius 3 is 2.40 bits per heavy atom. The fourth-order valence-electron chi connectivity index (χ4n) is 1.91. The average Bonchev–Trinajstić information content (AvgIpc) is 2.45. The summed E-state index contributed by atoms with van der Waals surface area (Å²) in [7, 11) is 0. The molecule has 1 aromatic heterocycles. The molecule has 1 N–H and O–H groups in total. The summed E-state index contributed by atoms with van der Waals surface area (Å²) in [5, 5.41) is 14.0. The number of hydrogen-bond donors (Lipinski definition) is 1. The van der Waals surface area contributed by atoms with Crippen molar-refractivity contribution in [1.82, 2.24) is 4.98 Å². The smallest absolute Gasteiger partial charge is 0.311 e. The number of rotatable bonds is 5. The standard InChI is InChI=1S/C15H17N3O2/c1-3-12-5-7-13(8-6-12)10-16-15-14(18(19)20)9-4-11(2)17-15/h4-9H,3,10H2,1-2H3,(H,16,17). The first-order valence-corrected chi connectivity index (χ1v) is 6.54. The molecule has 5 nitrogen and oxygen atoms in total. The van der Waals surface area contributed by atoms with Gasteiger partial charge in [-0.05, 0) is 30.5 Å². The van der Waals surface area contributed by atoms with Crippen molar-refractivity contribution in [1.29, 1.82) is 0 Å². The first-order chi connectivity index (χ1) is 9.60. The molecule has 0 saturated carbocycles. The highest BCUT2D eigenvalue weighted by Crippen LogP contribution is 2.22. The van der Waals surface area contributed by atoms with Gasteiger partial charge in [0.05, 0.1) is 4.92 Å². The number of benzene rings is 1. The Labute approximate surface area is 117 Å². The van der Waals surface area contributed by atoms with Crippen molar-refractivity contribution < 1.29 is 4.92 Å². The Morgan fingerprint density at radius 2 is 1.80 bits per heavy atom. The molecule has 0 unspecified atom stereocenters. The molecule has 2 rings (SSSR count). The predicted molar refractivity (Wildman–Crippen MR) is 78.8 cm³/mol. The van der Waals surface area contributed by atoms with Crippen LogP contribution in [0.25, 0.3) is 0 Å². The molecule has 2 aromatic rings. The van der Waals surface area contributed by atoms with Crippen molar-refractivity contribution in [3.8, 4) is 0 Å². The van der Waals surface area contributed by atoms with E-state index >= 15 is 0 Å². The lowest BCUT2D eigenvalue weighted by molar-refractivity contribution is -0.384. The third-order valence-electron chi connectivity index (χ3n) is 3.10. The molecule has 0 aliphatic carbocycles. The molecule has 0 atom stereocenters. The Bertz CT molecular complexity index is 609. The van der Waals surface area contributed by atoms with Gasteiger partial charge in [0, 0.05) is 18.3 Å². The van der Waals surface area contributed by atoms with Crippen molar-refractivity contribution in [2.24, 2.45) is 0 Å². The fourth-order valence-corrected chi connectivity index (χ4v) is 1.91. The predicted octanol–water partition coefficient (Wildman–Crippen LogP) is 3.47. The van der Waals surface area contributed by atoms with E-state index in [4.69, 9.17) is 0 Å². The number of nitro groups is 1. The second-order valence-electron chi connectivity index (χ2n) is 4.60. The summed E-state index contributed by atoms with van der Waals surface area (Å²) < 4.78 is 0. The normalized spacial score (nSPS) is 10.3. The number of anilines is 1. The SMILES string of the molecule is CCc1ccc(CNc2nc(C)ccc2[N+](=O)[O-])cc1. The zero-order chi connectivity index (χ0) is 14.5. The highest BCUT2D eigenvalue weighted by Gasteiger charge is 2.14. The van der Waals surface area contributed by atoms with E-state index in [2.05, 4.69) is 29.4 Å². The van der Waals surface area contributed by atoms with E-state index in [1.807, 2.05) is 19.1 Å². The molecule has 0 aliphatic heterocycles. The summed E-state index contributed by atoms with van der Waals surface area (Å²) in [5.41, 5.74) is 3.09. The maximum Gasteiger partial charge on any atom is 0.311 e. The number of aromatic nitrogens is 1. The van der Waals surface area contributed by atoms with Crippen molar-refractivity contribution in [3.63, 3.8) is 0 Å². The van der Waals surface area contributed by atoms with Crippen LogP contribution >= 0.6 is 0 Å². The van der Waals surface area contributed by atoms with E-state index in [1.54, 1.807) is 6.07 Å². The molecule has 0 radical (unpaired) electrons. The molecule has 0 spiro atoms. The molecule has 0 fully saturated rings. The van der Waals surface area contributed by atoms with Crippen LogP contribution in [0.15, 0.2) is 36.4 Å². The van der Waals surface area contributed by atoms with Gasteiger partial charge in [-0.1, -0.05) is 31.2 Å². The Morgan fingerprint density at radius 1 is 1.15 bits per heavy atom. The first kappa shape index (κ1) is 14.0. The second kappa shape index (κ2) is 6.14. The van der Waals surface area contributed by atoms with Crippen LogP contribution in [-0.4, -0.2) is 9.91 Å². The summed E-state index contributed by atoms with van der Waals surface area (Å²) >= 11 is 0. The molecule has 20 heavy (non-hydrogen) atoms. The molecule has 104 valence electrons. The van der Waals surface area contributed by atoms with Gasteiger partial charge in [0.25, 0.3) is 0 Å². The van der Waals surface area contributed by atoms with E-state index in [0.29, 0.717) is 12.4 Å². The lowest BCUT2D eigenvalue weighted by Gasteiger charge is -2.07. The van der Waals surface area contributed by atoms with Crippen LogP contribution in [0.4, 0.5) is 11.5 Å². The first-order valence-electron chi connectivity index (χ1n) is 6.54. The number of pyridine rings is 1. The van der Waals surface area contributed by atoms with E-state index in [-0.39, 0.29) is 5.69 Å². The largest absolute Gasteiger partial charge is 0.360 e. The second-order valence-corrected chi connectivity index (χ2v) is 4.60. The lowest BCUT2D eigenvalue weighted by Crippen LogP contribution is -2.05. The van der Waals surface area contributed by atoms with E-state index in [9.17, 15) is 10.1 Å². The van der Waals surface area contributed by atoms with Gasteiger partial charge < -0.3 is 5.32 Å². The third-order valence-corrected chi connectivity index (χ3v) is 3.10. The molecule has 1 aromatic carbocycles. The Balaban J connectivity index is 2.13. The van der Waals surface area contributed by atoms with Crippen LogP contribution in [0.5, 0.6) is 0 Å². The molecular weight excluding hydrogens is 254 g/mol. The summed E-state index contributed by atoms with van der Waals surface area (Å²) in [6, 6.07) is 11.3. The maximum absolute atomic E-state index is 11.0. The third kappa shape index (κ3) is 3.32. The van der Waals surface area contributed by atoms with Crippen molar-refractivity contribution >= 4 is 11.5 Å². The highest BCUT2D eigenvalue weighted by atomic mass is 16.6. The summed E-state index contributed by atoms with van der Waals surface area (Å²) in [6.07, 6.45) is 0.999. The van der Waals surface area contributed by atoms with Gasteiger partial charge >= 0.3 is 5.69 Å². The van der Waals surface area contributed by atoms with Crippen LogP contribution in [-0.2, 0) is 13.0 Å². The molecule has 0 aliphatic rings. The number of nitrogens with one attached hydrogen (secondary N) is 1. The quantitative estimate of drug-likeness (QED) is 0.667. The minimum absolute atomic E-state index is 0.000721. The number of aryl methyl sites for hydroxylation is 2. The topological polar surface area (TPSA) is 68.1 Å². The van der Waals surface area contributed by atoms with Crippen molar-refractivity contribution in [3.05, 3.63) is 63.3 Å². The minimum atomic E-state index is -0.422. The van der Waals surface area contributed by atoms with E-state index in [0.717, 1.165) is 17.7 Å². The van der Waals surface area contributed by atoms with Crippen LogP contribution in [0.3, 0.4) is 0 Å². The van der Waals surface area contributed by atoms with Crippen LogP contribution in [0.2, 0.25) is 0 Å². The van der Waals surface area contributed by atoms with Crippen LogP contribution in [0, 0.1) is 17.0 Å². The molecule has 0 bridgehead atoms. The van der Waals surface area contributed by atoms with E-state index in [1.165, 1.54) is 11.6 Å². The van der Waals surface area contributed by atoms with Gasteiger partial charge in [0.15, 0.2) is 0 Å². The van der Waals surface area contributed by atoms with Gasteiger partial charge in [0.1, 0.15) is 0 Å². The minimum Gasteiger partial charge on any atom is -0.360 e. The van der Waals surface area contributed by atoms with Gasteiger partial charge in [-0.2, -0.15) is 0 Å². The van der Waals surface area contributed by atoms with Crippen LogP contribution in [0.1, 0.15) is 23.7 Å². The number of nitrogens with zero attached hydrogens (tertiary/aromatic N) is 2. The van der Waals surface area contributed by atoms with Crippen LogP contribution < -0.4 is 5.32 Å². The summed E-state index contributed by atoms with van der Waals surface area (Å²) in [6.45, 7) is 4.43. The van der Waals surface area contributed by atoms with E-state index < -0.39 is 4.92 Å². The highest BCUT2D eigenvalue weighted by molar-refractivity contribution is 5.56. The monoisotopic (exact) mass is 271 g/mol. The van der Waals surface area contributed by atoms with Crippen molar-refractivity contribution in [2.45, 2.75) is 26.8 Å². The fraction of sp³-hybridized carbons (Fsp3) is 0.267. The average molecular weight is 271 g/mol. The van der Waals surface area contributed by atoms with Gasteiger partial charge in [-0.25, -0.2) is 4.98 Å². The summed E-state index contributed by atoms with van der Waals surface area (Å²) in [4.78, 5) is 14.7. The Kier molecular flexibility index (Phi) is 4.30. The molecule has 1 heterocycles. The molecule has 0 amide bonds. The zero-order valence-corrected chi connectivity index (χ0v) is 11.6. The Hall–Kier alpha value is -2.43.